The van der Waals surface area contributed by atoms with Gasteiger partial charge in [0.25, 0.3) is 0 Å². The highest BCUT2D eigenvalue weighted by molar-refractivity contribution is 5.24. The molecule has 0 saturated heterocycles. The van der Waals surface area contributed by atoms with Gasteiger partial charge in [-0.1, -0.05) is 43.7 Å². The molecule has 2 atom stereocenters. The van der Waals surface area contributed by atoms with Gasteiger partial charge < -0.3 is 5.32 Å². The Morgan fingerprint density at radius 1 is 1.19 bits per heavy atom. The van der Waals surface area contributed by atoms with Gasteiger partial charge in [-0.25, -0.2) is 0 Å². The monoisotopic (exact) mass is 217 g/mol. The summed E-state index contributed by atoms with van der Waals surface area (Å²) in [5, 5.41) is 3.62. The van der Waals surface area contributed by atoms with E-state index in [1.807, 2.05) is 0 Å². The highest BCUT2D eigenvalue weighted by Crippen LogP contribution is 2.25. The molecular formula is C15H23N. The summed E-state index contributed by atoms with van der Waals surface area (Å²) in [7, 11) is 0. The molecule has 2 unspecified atom stereocenters. The lowest BCUT2D eigenvalue weighted by Gasteiger charge is -2.21. The number of benzene rings is 1. The first-order valence-electron chi connectivity index (χ1n) is 6.47. The predicted octanol–water partition coefficient (Wildman–Crippen LogP) is 3.49. The number of nitrogens with one attached hydrogen (secondary N) is 1. The van der Waals surface area contributed by atoms with Crippen molar-refractivity contribution in [2.45, 2.75) is 45.6 Å². The van der Waals surface area contributed by atoms with Crippen molar-refractivity contribution < 1.29 is 0 Å². The molecule has 16 heavy (non-hydrogen) atoms. The Balaban J connectivity index is 1.88. The van der Waals surface area contributed by atoms with Gasteiger partial charge in [-0.05, 0) is 43.7 Å². The third-order valence-corrected chi connectivity index (χ3v) is 3.76. The van der Waals surface area contributed by atoms with Gasteiger partial charge in [0.05, 0.1) is 0 Å². The highest BCUT2D eigenvalue weighted by Gasteiger charge is 2.22. The minimum absolute atomic E-state index is 0.645. The maximum Gasteiger partial charge on any atom is 0.00683 e. The third kappa shape index (κ3) is 3.08. The van der Waals surface area contributed by atoms with Crippen LogP contribution in [0.4, 0.5) is 0 Å². The third-order valence-electron chi connectivity index (χ3n) is 3.76. The van der Waals surface area contributed by atoms with E-state index in [1.54, 1.807) is 0 Å². The van der Waals surface area contributed by atoms with Crippen molar-refractivity contribution in [1.29, 1.82) is 0 Å². The van der Waals surface area contributed by atoms with Crippen molar-refractivity contribution in [3.05, 3.63) is 35.4 Å². The molecule has 88 valence electrons. The molecule has 0 aliphatic heterocycles. The Labute approximate surface area is 99.3 Å². The lowest BCUT2D eigenvalue weighted by molar-refractivity contribution is 0.446. The van der Waals surface area contributed by atoms with Crippen molar-refractivity contribution in [3.8, 4) is 0 Å². The van der Waals surface area contributed by atoms with Gasteiger partial charge in [-0.2, -0.15) is 0 Å². The maximum atomic E-state index is 3.62. The van der Waals surface area contributed by atoms with Gasteiger partial charge in [0, 0.05) is 6.04 Å². The molecule has 0 aromatic heterocycles. The first-order chi connectivity index (χ1) is 7.66. The van der Waals surface area contributed by atoms with Gasteiger partial charge in [-0.3, -0.25) is 0 Å². The Hall–Kier alpha value is -0.820. The van der Waals surface area contributed by atoms with E-state index in [0.717, 1.165) is 12.6 Å². The Kier molecular flexibility index (Phi) is 3.65. The van der Waals surface area contributed by atoms with E-state index in [-0.39, 0.29) is 0 Å². The average Bonchev–Trinajstić information content (AvgIpc) is 3.10. The second-order valence-corrected chi connectivity index (χ2v) is 5.36. The molecule has 0 radical (unpaired) electrons. The van der Waals surface area contributed by atoms with Crippen molar-refractivity contribution >= 4 is 0 Å². The SMILES string of the molecule is Cc1ccc(C(C)C(C)CNC2CC2)cc1. The van der Waals surface area contributed by atoms with E-state index in [4.69, 9.17) is 0 Å². The van der Waals surface area contributed by atoms with Crippen LogP contribution in [-0.2, 0) is 0 Å². The number of aryl methyl sites for hydroxylation is 1. The zero-order chi connectivity index (χ0) is 11.5. The van der Waals surface area contributed by atoms with Crippen LogP contribution in [0.25, 0.3) is 0 Å². The standard InChI is InChI=1S/C15H23N/c1-11-4-6-14(7-5-11)13(3)12(2)10-16-15-8-9-15/h4-7,12-13,15-16H,8-10H2,1-3H3. The summed E-state index contributed by atoms with van der Waals surface area (Å²) in [5.41, 5.74) is 2.82. The smallest absolute Gasteiger partial charge is 0.00683 e. The first-order valence-corrected chi connectivity index (χ1v) is 6.47. The van der Waals surface area contributed by atoms with Gasteiger partial charge in [0.2, 0.25) is 0 Å². The topological polar surface area (TPSA) is 12.0 Å². The summed E-state index contributed by atoms with van der Waals surface area (Å²) < 4.78 is 0. The molecule has 1 fully saturated rings. The van der Waals surface area contributed by atoms with Gasteiger partial charge in [-0.15, -0.1) is 0 Å². The first kappa shape index (κ1) is 11.7. The quantitative estimate of drug-likeness (QED) is 0.796. The van der Waals surface area contributed by atoms with E-state index >= 15 is 0 Å². The number of hydrogen-bond donors (Lipinski definition) is 1. The van der Waals surface area contributed by atoms with Crippen LogP contribution in [0.5, 0.6) is 0 Å². The molecule has 1 aliphatic rings. The maximum absolute atomic E-state index is 3.62. The minimum Gasteiger partial charge on any atom is -0.314 e. The largest absolute Gasteiger partial charge is 0.314 e. The van der Waals surface area contributed by atoms with E-state index < -0.39 is 0 Å². The van der Waals surface area contributed by atoms with Crippen LogP contribution in [0.3, 0.4) is 0 Å². The normalized spacial score (nSPS) is 19.4. The zero-order valence-electron chi connectivity index (χ0n) is 10.7. The lowest BCUT2D eigenvalue weighted by atomic mass is 9.88. The fraction of sp³-hybridized carbons (Fsp3) is 0.600. The number of rotatable bonds is 5. The van der Waals surface area contributed by atoms with Crippen LogP contribution >= 0.6 is 0 Å². The van der Waals surface area contributed by atoms with Gasteiger partial charge in [0.1, 0.15) is 0 Å². The molecule has 0 spiro atoms. The second kappa shape index (κ2) is 5.01. The second-order valence-electron chi connectivity index (χ2n) is 5.36. The molecule has 1 heteroatoms. The molecular weight excluding hydrogens is 194 g/mol. The Morgan fingerprint density at radius 2 is 1.81 bits per heavy atom. The van der Waals surface area contributed by atoms with Crippen molar-refractivity contribution in [3.63, 3.8) is 0 Å². The molecule has 1 saturated carbocycles. The Bertz CT molecular complexity index is 324. The summed E-state index contributed by atoms with van der Waals surface area (Å²) in [6, 6.07) is 9.80. The van der Waals surface area contributed by atoms with Crippen LogP contribution in [-0.4, -0.2) is 12.6 Å². The van der Waals surface area contributed by atoms with E-state index in [0.29, 0.717) is 11.8 Å². The van der Waals surface area contributed by atoms with Crippen LogP contribution < -0.4 is 5.32 Å². The van der Waals surface area contributed by atoms with E-state index in [9.17, 15) is 0 Å². The molecule has 0 bridgehead atoms. The molecule has 0 heterocycles. The van der Waals surface area contributed by atoms with Gasteiger partial charge >= 0.3 is 0 Å². The average molecular weight is 217 g/mol. The summed E-state index contributed by atoms with van der Waals surface area (Å²) in [6.07, 6.45) is 2.76. The fourth-order valence-electron chi connectivity index (χ4n) is 2.02. The van der Waals surface area contributed by atoms with E-state index in [2.05, 4.69) is 50.4 Å². The Morgan fingerprint density at radius 3 is 2.38 bits per heavy atom. The molecule has 1 aromatic carbocycles. The van der Waals surface area contributed by atoms with Crippen LogP contribution in [0, 0.1) is 12.8 Å². The molecule has 1 N–H and O–H groups in total. The minimum atomic E-state index is 0.645. The van der Waals surface area contributed by atoms with Crippen molar-refractivity contribution in [2.75, 3.05) is 6.54 Å². The van der Waals surface area contributed by atoms with Crippen LogP contribution in [0.2, 0.25) is 0 Å². The predicted molar refractivity (Wildman–Crippen MR) is 69.8 cm³/mol. The summed E-state index contributed by atoms with van der Waals surface area (Å²) >= 11 is 0. The van der Waals surface area contributed by atoms with E-state index in [1.165, 1.54) is 24.0 Å². The lowest BCUT2D eigenvalue weighted by Crippen LogP contribution is -2.26. The molecule has 0 amide bonds. The molecule has 2 rings (SSSR count). The van der Waals surface area contributed by atoms with Crippen LogP contribution in [0.15, 0.2) is 24.3 Å². The van der Waals surface area contributed by atoms with Crippen molar-refractivity contribution in [2.24, 2.45) is 5.92 Å². The molecule has 1 aliphatic carbocycles. The summed E-state index contributed by atoms with van der Waals surface area (Å²) in [4.78, 5) is 0. The van der Waals surface area contributed by atoms with Crippen molar-refractivity contribution in [1.82, 2.24) is 5.32 Å². The molecule has 1 aromatic rings. The number of hydrogen-bond acceptors (Lipinski definition) is 1. The van der Waals surface area contributed by atoms with Gasteiger partial charge in [0.15, 0.2) is 0 Å². The summed E-state index contributed by atoms with van der Waals surface area (Å²) in [5.74, 6) is 1.36. The highest BCUT2D eigenvalue weighted by atomic mass is 14.9. The summed E-state index contributed by atoms with van der Waals surface area (Å²) in [6.45, 7) is 7.98. The molecule has 1 nitrogen and oxygen atoms in total. The zero-order valence-corrected chi connectivity index (χ0v) is 10.7. The fourth-order valence-corrected chi connectivity index (χ4v) is 2.02. The van der Waals surface area contributed by atoms with Crippen LogP contribution in [0.1, 0.15) is 43.7 Å².